The molecule has 0 amide bonds. The number of aromatic nitrogens is 3. The van der Waals surface area contributed by atoms with Crippen molar-refractivity contribution in [2.75, 3.05) is 13.1 Å². The SMILES string of the molecule is Cc1[nH]c(C2CCN(Cc3ccccc3)CC2)nc1-c1ccc(-c2cccc(F)c2)nc1. The predicted molar refractivity (Wildman–Crippen MR) is 126 cm³/mol. The van der Waals surface area contributed by atoms with Gasteiger partial charge in [-0.15, -0.1) is 0 Å². The first-order chi connectivity index (χ1) is 15.7. The highest BCUT2D eigenvalue weighted by Crippen LogP contribution is 2.31. The third kappa shape index (κ3) is 4.48. The fourth-order valence-electron chi connectivity index (χ4n) is 4.52. The highest BCUT2D eigenvalue weighted by atomic mass is 19.1. The van der Waals surface area contributed by atoms with Crippen molar-refractivity contribution >= 4 is 0 Å². The molecule has 1 N–H and O–H groups in total. The van der Waals surface area contributed by atoms with Gasteiger partial charge in [0.2, 0.25) is 0 Å². The third-order valence-corrected chi connectivity index (χ3v) is 6.28. The number of benzene rings is 2. The number of piperidine rings is 1. The molecule has 0 bridgehead atoms. The van der Waals surface area contributed by atoms with Gasteiger partial charge < -0.3 is 4.98 Å². The van der Waals surface area contributed by atoms with E-state index in [1.165, 1.54) is 17.7 Å². The summed E-state index contributed by atoms with van der Waals surface area (Å²) in [5, 5.41) is 0. The summed E-state index contributed by atoms with van der Waals surface area (Å²) in [7, 11) is 0. The number of H-pyrrole nitrogens is 1. The average Bonchev–Trinajstić information content (AvgIpc) is 3.22. The average molecular weight is 427 g/mol. The Morgan fingerprint density at radius 3 is 2.50 bits per heavy atom. The lowest BCUT2D eigenvalue weighted by Crippen LogP contribution is -2.32. The van der Waals surface area contributed by atoms with Crippen LogP contribution in [0.1, 0.15) is 35.8 Å². The van der Waals surface area contributed by atoms with Gasteiger partial charge in [-0.3, -0.25) is 9.88 Å². The van der Waals surface area contributed by atoms with Crippen LogP contribution in [0.15, 0.2) is 72.9 Å². The van der Waals surface area contributed by atoms with E-state index in [4.69, 9.17) is 4.98 Å². The van der Waals surface area contributed by atoms with Gasteiger partial charge in [0.1, 0.15) is 11.6 Å². The molecule has 1 aliphatic rings. The zero-order valence-corrected chi connectivity index (χ0v) is 18.3. The van der Waals surface area contributed by atoms with Gasteiger partial charge in [-0.05, 0) is 62.7 Å². The molecule has 2 aromatic heterocycles. The van der Waals surface area contributed by atoms with Crippen LogP contribution >= 0.6 is 0 Å². The van der Waals surface area contributed by atoms with Gasteiger partial charge in [0.15, 0.2) is 0 Å². The van der Waals surface area contributed by atoms with Crippen LogP contribution in [0.4, 0.5) is 4.39 Å². The van der Waals surface area contributed by atoms with Crippen molar-refractivity contribution in [1.29, 1.82) is 0 Å². The number of imidazole rings is 1. The van der Waals surface area contributed by atoms with E-state index in [9.17, 15) is 4.39 Å². The van der Waals surface area contributed by atoms with Crippen LogP contribution < -0.4 is 0 Å². The van der Waals surface area contributed by atoms with Crippen LogP contribution in [0.5, 0.6) is 0 Å². The second-order valence-electron chi connectivity index (χ2n) is 8.57. The molecule has 32 heavy (non-hydrogen) atoms. The molecule has 1 aliphatic heterocycles. The standard InChI is InChI=1S/C27H27FN4/c1-19-26(23-10-11-25(29-17-23)22-8-5-9-24(28)16-22)31-27(30-19)21-12-14-32(15-13-21)18-20-6-3-2-4-7-20/h2-11,16-17,21H,12-15,18H2,1H3,(H,30,31). The maximum atomic E-state index is 13.5. The van der Waals surface area contributed by atoms with E-state index in [-0.39, 0.29) is 5.82 Å². The number of aryl methyl sites for hydroxylation is 1. The Morgan fingerprint density at radius 2 is 1.78 bits per heavy atom. The molecule has 0 saturated carbocycles. The highest BCUT2D eigenvalue weighted by Gasteiger charge is 2.24. The molecule has 162 valence electrons. The van der Waals surface area contributed by atoms with Crippen molar-refractivity contribution in [3.63, 3.8) is 0 Å². The third-order valence-electron chi connectivity index (χ3n) is 6.28. The van der Waals surface area contributed by atoms with Crippen molar-refractivity contribution in [1.82, 2.24) is 19.9 Å². The van der Waals surface area contributed by atoms with Gasteiger partial charge in [0.05, 0.1) is 11.4 Å². The minimum absolute atomic E-state index is 0.254. The Kier molecular flexibility index (Phi) is 5.82. The smallest absolute Gasteiger partial charge is 0.123 e. The van der Waals surface area contributed by atoms with Gasteiger partial charge in [0.25, 0.3) is 0 Å². The van der Waals surface area contributed by atoms with Crippen LogP contribution in [0.2, 0.25) is 0 Å². The van der Waals surface area contributed by atoms with E-state index in [0.717, 1.165) is 66.5 Å². The van der Waals surface area contributed by atoms with Crippen molar-refractivity contribution < 1.29 is 4.39 Å². The quantitative estimate of drug-likeness (QED) is 0.428. The number of rotatable bonds is 5. The Bertz CT molecular complexity index is 1180. The molecule has 0 unspecified atom stereocenters. The van der Waals surface area contributed by atoms with Crippen LogP contribution in [-0.4, -0.2) is 32.9 Å². The zero-order valence-electron chi connectivity index (χ0n) is 18.3. The van der Waals surface area contributed by atoms with Gasteiger partial charge >= 0.3 is 0 Å². The molecule has 4 nitrogen and oxygen atoms in total. The summed E-state index contributed by atoms with van der Waals surface area (Å²) in [6.45, 7) is 5.24. The number of hydrogen-bond acceptors (Lipinski definition) is 3. The molecule has 0 aliphatic carbocycles. The lowest BCUT2D eigenvalue weighted by Gasteiger charge is -2.31. The molecule has 2 aromatic carbocycles. The number of nitrogens with one attached hydrogen (secondary N) is 1. The van der Waals surface area contributed by atoms with E-state index in [1.54, 1.807) is 6.07 Å². The maximum Gasteiger partial charge on any atom is 0.123 e. The molecule has 1 saturated heterocycles. The summed E-state index contributed by atoms with van der Waals surface area (Å²) in [5.74, 6) is 1.27. The van der Waals surface area contributed by atoms with Crippen molar-refractivity contribution in [2.45, 2.75) is 32.2 Å². The van der Waals surface area contributed by atoms with E-state index < -0.39 is 0 Å². The number of aromatic amines is 1. The minimum Gasteiger partial charge on any atom is -0.345 e. The first kappa shape index (κ1) is 20.6. The monoisotopic (exact) mass is 426 g/mol. The number of likely N-dealkylation sites (tertiary alicyclic amines) is 1. The lowest BCUT2D eigenvalue weighted by atomic mass is 9.96. The summed E-state index contributed by atoms with van der Waals surface area (Å²) >= 11 is 0. The summed E-state index contributed by atoms with van der Waals surface area (Å²) < 4.78 is 13.5. The summed E-state index contributed by atoms with van der Waals surface area (Å²) in [4.78, 5) is 15.6. The van der Waals surface area contributed by atoms with Crippen LogP contribution in [0, 0.1) is 12.7 Å². The Morgan fingerprint density at radius 1 is 0.969 bits per heavy atom. The summed E-state index contributed by atoms with van der Waals surface area (Å²) in [6, 6.07) is 21.1. The van der Waals surface area contributed by atoms with E-state index in [0.29, 0.717) is 5.92 Å². The first-order valence-corrected chi connectivity index (χ1v) is 11.2. The summed E-state index contributed by atoms with van der Waals surface area (Å²) in [6.07, 6.45) is 4.04. The number of hydrogen-bond donors (Lipinski definition) is 1. The van der Waals surface area contributed by atoms with Crippen LogP contribution in [0.3, 0.4) is 0 Å². The topological polar surface area (TPSA) is 44.8 Å². The fourth-order valence-corrected chi connectivity index (χ4v) is 4.52. The maximum absolute atomic E-state index is 13.5. The Balaban J connectivity index is 1.26. The number of nitrogens with zero attached hydrogens (tertiary/aromatic N) is 3. The van der Waals surface area contributed by atoms with E-state index >= 15 is 0 Å². The lowest BCUT2D eigenvalue weighted by molar-refractivity contribution is 0.202. The minimum atomic E-state index is -0.254. The summed E-state index contributed by atoms with van der Waals surface area (Å²) in [5.41, 5.74) is 5.89. The predicted octanol–water partition coefficient (Wildman–Crippen LogP) is 5.97. The molecule has 0 spiro atoms. The Hall–Kier alpha value is -3.31. The molecular weight excluding hydrogens is 399 g/mol. The van der Waals surface area contributed by atoms with Gasteiger partial charge in [-0.2, -0.15) is 0 Å². The van der Waals surface area contributed by atoms with E-state index in [1.807, 2.05) is 24.4 Å². The van der Waals surface area contributed by atoms with Crippen molar-refractivity contribution in [3.8, 4) is 22.5 Å². The van der Waals surface area contributed by atoms with Gasteiger partial charge in [-0.1, -0.05) is 42.5 Å². The molecule has 0 radical (unpaired) electrons. The van der Waals surface area contributed by atoms with Gasteiger partial charge in [-0.25, -0.2) is 9.37 Å². The highest BCUT2D eigenvalue weighted by molar-refractivity contribution is 5.66. The van der Waals surface area contributed by atoms with Crippen LogP contribution in [0.25, 0.3) is 22.5 Å². The largest absolute Gasteiger partial charge is 0.345 e. The molecular formula is C27H27FN4. The van der Waals surface area contributed by atoms with Gasteiger partial charge in [0, 0.05) is 35.5 Å². The Labute approximate surface area is 188 Å². The van der Waals surface area contributed by atoms with Crippen molar-refractivity contribution in [3.05, 3.63) is 95.8 Å². The molecule has 5 rings (SSSR count). The number of halogens is 1. The number of pyridine rings is 1. The second-order valence-corrected chi connectivity index (χ2v) is 8.57. The molecule has 4 aromatic rings. The molecule has 5 heteroatoms. The van der Waals surface area contributed by atoms with Crippen molar-refractivity contribution in [2.24, 2.45) is 0 Å². The first-order valence-electron chi connectivity index (χ1n) is 11.2. The van der Waals surface area contributed by atoms with Crippen LogP contribution in [-0.2, 0) is 6.54 Å². The second kappa shape index (κ2) is 9.05. The molecule has 3 heterocycles. The zero-order chi connectivity index (χ0) is 21.9. The fraction of sp³-hybridized carbons (Fsp3) is 0.259. The van der Waals surface area contributed by atoms with E-state index in [2.05, 4.69) is 52.1 Å². The normalized spacial score (nSPS) is 15.2. The molecule has 1 fully saturated rings. The molecule has 0 atom stereocenters.